The highest BCUT2D eigenvalue weighted by Gasteiger charge is 2.51. The van der Waals surface area contributed by atoms with E-state index in [1.165, 1.54) is 7.05 Å². The van der Waals surface area contributed by atoms with Crippen LogP contribution < -0.4 is 4.72 Å². The van der Waals surface area contributed by atoms with Gasteiger partial charge in [-0.05, 0) is 88.4 Å². The quantitative estimate of drug-likeness (QED) is 0.280. The Balaban J connectivity index is 2.17. The van der Waals surface area contributed by atoms with Crippen molar-refractivity contribution < 1.29 is 13.2 Å². The third-order valence-electron chi connectivity index (χ3n) is 8.13. The molecule has 2 aromatic carbocycles. The molecular weight excluding hydrogens is 539 g/mol. The average molecular weight is 580 g/mol. The van der Waals surface area contributed by atoms with E-state index >= 15 is 0 Å². The fraction of sp³-hybridized carbons (Fsp3) is 0.500. The number of allylic oxidation sites excluding steroid dienone is 1. The van der Waals surface area contributed by atoms with Gasteiger partial charge in [-0.1, -0.05) is 67.4 Å². The van der Waals surface area contributed by atoms with Crippen LogP contribution >= 0.6 is 23.2 Å². The Kier molecular flexibility index (Phi) is 9.78. The molecule has 208 valence electrons. The van der Waals surface area contributed by atoms with Gasteiger partial charge in [-0.25, -0.2) is 13.1 Å². The molecule has 3 rings (SSSR count). The van der Waals surface area contributed by atoms with Crippen molar-refractivity contribution in [1.29, 1.82) is 0 Å². The molecule has 38 heavy (non-hydrogen) atoms. The molecule has 0 unspecified atom stereocenters. The maximum absolute atomic E-state index is 14.4. The minimum atomic E-state index is -3.50. The summed E-state index contributed by atoms with van der Waals surface area (Å²) in [7, 11) is -2.06. The zero-order valence-electron chi connectivity index (χ0n) is 23.0. The second-order valence-corrected chi connectivity index (χ2v) is 14.6. The van der Waals surface area contributed by atoms with Crippen molar-refractivity contribution in [3.8, 4) is 0 Å². The van der Waals surface area contributed by atoms with Gasteiger partial charge in [0, 0.05) is 22.0 Å². The number of rotatable bonds is 11. The molecule has 0 saturated carbocycles. The van der Waals surface area contributed by atoms with Gasteiger partial charge >= 0.3 is 0 Å². The van der Waals surface area contributed by atoms with E-state index in [2.05, 4.69) is 24.3 Å². The van der Waals surface area contributed by atoms with Crippen molar-refractivity contribution in [3.05, 3.63) is 82.4 Å². The fourth-order valence-electron chi connectivity index (χ4n) is 5.75. The first kappa shape index (κ1) is 30.7. The third-order valence-corrected chi connectivity index (χ3v) is 10.8. The smallest absolute Gasteiger partial charge is 0.229 e. The summed E-state index contributed by atoms with van der Waals surface area (Å²) >= 11 is 12.7. The lowest BCUT2D eigenvalue weighted by molar-refractivity contribution is -0.155. The number of amides is 1. The summed E-state index contributed by atoms with van der Waals surface area (Å²) in [4.78, 5) is 16.4. The van der Waals surface area contributed by atoms with Gasteiger partial charge in [0.25, 0.3) is 0 Å². The molecule has 0 radical (unpaired) electrons. The number of carbonyl (C=O) groups is 1. The van der Waals surface area contributed by atoms with Gasteiger partial charge in [0.2, 0.25) is 15.9 Å². The lowest BCUT2D eigenvalue weighted by atomic mass is 9.67. The van der Waals surface area contributed by atoms with Crippen molar-refractivity contribution in [2.75, 3.05) is 7.05 Å². The molecule has 0 bridgehead atoms. The highest BCUT2D eigenvalue weighted by atomic mass is 35.5. The molecular formula is C30H40Cl2N2O3S. The van der Waals surface area contributed by atoms with Gasteiger partial charge in [-0.2, -0.15) is 0 Å². The van der Waals surface area contributed by atoms with Crippen LogP contribution in [0.4, 0.5) is 0 Å². The standard InChI is InChI=1S/C30H40Cl2N2O3S/c1-7-17-30(5)20-26(22-10-9-11-24(32)19-22)27(21-12-14-23(31)15-13-21)34(28(30)35)25(8-2)16-18-29(3,4)38(36,37)33-6/h7,9-15,19,25-27,33H,1,8,16-18,20H2,2-6H3/t25-,26+,27+,30-/m0/s1. The largest absolute Gasteiger partial charge is 0.332 e. The van der Waals surface area contributed by atoms with E-state index in [0.717, 1.165) is 11.1 Å². The summed E-state index contributed by atoms with van der Waals surface area (Å²) in [6.07, 6.45) is 4.65. The van der Waals surface area contributed by atoms with Crippen LogP contribution in [0.1, 0.15) is 82.9 Å². The number of piperidine rings is 1. The van der Waals surface area contributed by atoms with Gasteiger partial charge in [-0.15, -0.1) is 6.58 Å². The van der Waals surface area contributed by atoms with Crippen molar-refractivity contribution >= 4 is 39.1 Å². The summed E-state index contributed by atoms with van der Waals surface area (Å²) in [5, 5.41) is 1.28. The Bertz CT molecular complexity index is 1250. The van der Waals surface area contributed by atoms with Gasteiger partial charge in [0.05, 0.1) is 16.2 Å². The number of carbonyl (C=O) groups excluding carboxylic acids is 1. The maximum atomic E-state index is 14.4. The Morgan fingerprint density at radius 3 is 2.37 bits per heavy atom. The first-order chi connectivity index (χ1) is 17.8. The predicted molar refractivity (Wildman–Crippen MR) is 158 cm³/mol. The Labute approximate surface area is 238 Å². The van der Waals surface area contributed by atoms with E-state index in [-0.39, 0.29) is 23.9 Å². The molecule has 1 aliphatic rings. The van der Waals surface area contributed by atoms with Crippen LogP contribution in [0.15, 0.2) is 61.2 Å². The highest BCUT2D eigenvalue weighted by Crippen LogP contribution is 2.52. The molecule has 5 nitrogen and oxygen atoms in total. The zero-order valence-corrected chi connectivity index (χ0v) is 25.3. The predicted octanol–water partition coefficient (Wildman–Crippen LogP) is 7.52. The Morgan fingerprint density at radius 1 is 1.16 bits per heavy atom. The van der Waals surface area contributed by atoms with E-state index in [1.807, 2.05) is 60.4 Å². The van der Waals surface area contributed by atoms with Crippen LogP contribution in [0.5, 0.6) is 0 Å². The normalized spacial score (nSPS) is 23.3. The fourth-order valence-corrected chi connectivity index (χ4v) is 7.02. The van der Waals surface area contributed by atoms with E-state index in [1.54, 1.807) is 13.8 Å². The Morgan fingerprint density at radius 2 is 1.82 bits per heavy atom. The van der Waals surface area contributed by atoms with E-state index in [9.17, 15) is 13.2 Å². The molecule has 4 atom stereocenters. The van der Waals surface area contributed by atoms with Crippen LogP contribution in [0, 0.1) is 5.41 Å². The van der Waals surface area contributed by atoms with Gasteiger partial charge < -0.3 is 4.90 Å². The lowest BCUT2D eigenvalue weighted by Gasteiger charge is -2.52. The summed E-state index contributed by atoms with van der Waals surface area (Å²) in [5.41, 5.74) is 1.41. The molecule has 1 N–H and O–H groups in total. The van der Waals surface area contributed by atoms with E-state index < -0.39 is 20.2 Å². The molecule has 0 aliphatic carbocycles. The van der Waals surface area contributed by atoms with Crippen molar-refractivity contribution in [2.45, 2.75) is 82.5 Å². The van der Waals surface area contributed by atoms with E-state index in [4.69, 9.17) is 23.2 Å². The number of likely N-dealkylation sites (tertiary alicyclic amines) is 1. The summed E-state index contributed by atoms with van der Waals surface area (Å²) < 4.78 is 26.9. The van der Waals surface area contributed by atoms with Crippen molar-refractivity contribution in [2.24, 2.45) is 5.41 Å². The molecule has 2 aromatic rings. The number of hydrogen-bond acceptors (Lipinski definition) is 3. The van der Waals surface area contributed by atoms with Gasteiger partial charge in [0.15, 0.2) is 0 Å². The summed E-state index contributed by atoms with van der Waals surface area (Å²) in [5.74, 6) is 0.0392. The molecule has 1 aliphatic heterocycles. The number of hydrogen-bond donors (Lipinski definition) is 1. The average Bonchev–Trinajstić information content (AvgIpc) is 2.87. The summed E-state index contributed by atoms with van der Waals surface area (Å²) in [6.45, 7) is 11.5. The third kappa shape index (κ3) is 6.30. The molecule has 1 fully saturated rings. The first-order valence-corrected chi connectivity index (χ1v) is 15.4. The first-order valence-electron chi connectivity index (χ1n) is 13.2. The molecule has 0 aromatic heterocycles. The van der Waals surface area contributed by atoms with Crippen molar-refractivity contribution in [1.82, 2.24) is 9.62 Å². The monoisotopic (exact) mass is 578 g/mol. The molecule has 1 amide bonds. The topological polar surface area (TPSA) is 66.5 Å². The highest BCUT2D eigenvalue weighted by molar-refractivity contribution is 7.90. The zero-order chi connectivity index (χ0) is 28.3. The minimum absolute atomic E-state index is 0.0272. The number of sulfonamides is 1. The number of nitrogens with one attached hydrogen (secondary N) is 1. The van der Waals surface area contributed by atoms with Crippen LogP contribution in [0.3, 0.4) is 0 Å². The molecule has 1 heterocycles. The number of halogens is 2. The lowest BCUT2D eigenvalue weighted by Crippen LogP contribution is -2.55. The summed E-state index contributed by atoms with van der Waals surface area (Å²) in [6, 6.07) is 15.1. The second-order valence-electron chi connectivity index (χ2n) is 11.2. The molecule has 8 heteroatoms. The number of nitrogens with zero attached hydrogens (tertiary/aromatic N) is 1. The molecule has 1 saturated heterocycles. The van der Waals surface area contributed by atoms with Crippen LogP contribution in [-0.2, 0) is 14.8 Å². The Hall–Kier alpha value is -1.86. The van der Waals surface area contributed by atoms with Crippen LogP contribution in [0.2, 0.25) is 10.0 Å². The van der Waals surface area contributed by atoms with E-state index in [0.29, 0.717) is 42.1 Å². The maximum Gasteiger partial charge on any atom is 0.229 e. The number of benzene rings is 2. The molecule has 0 spiro atoms. The minimum Gasteiger partial charge on any atom is -0.332 e. The van der Waals surface area contributed by atoms with Gasteiger partial charge in [0.1, 0.15) is 0 Å². The SMILES string of the molecule is C=CC[C@@]1(C)C[C@H](c2cccc(Cl)c2)[C@@H](c2ccc(Cl)cc2)N([C@@H](CC)CCC(C)(C)S(=O)(=O)NC)C1=O. The van der Waals surface area contributed by atoms with Crippen molar-refractivity contribution in [3.63, 3.8) is 0 Å². The second kappa shape index (κ2) is 12.1. The van der Waals surface area contributed by atoms with Crippen LogP contribution in [-0.4, -0.2) is 37.1 Å². The van der Waals surface area contributed by atoms with Gasteiger partial charge in [-0.3, -0.25) is 4.79 Å². The van der Waals surface area contributed by atoms with Crippen LogP contribution in [0.25, 0.3) is 0 Å².